The molecule has 5 heteroatoms. The predicted molar refractivity (Wildman–Crippen MR) is 80.0 cm³/mol. The second kappa shape index (κ2) is 7.12. The number of hydrogen-bond acceptors (Lipinski definition) is 4. The Morgan fingerprint density at radius 3 is 2.63 bits per heavy atom. The van der Waals surface area contributed by atoms with Crippen molar-refractivity contribution in [3.63, 3.8) is 0 Å². The van der Waals surface area contributed by atoms with Crippen LogP contribution in [0.4, 0.5) is 0 Å². The molecular weight excluding hydrogens is 308 g/mol. The highest BCUT2D eigenvalue weighted by atomic mass is 79.9. The quantitative estimate of drug-likeness (QED) is 0.919. The molecule has 1 N–H and O–H groups in total. The Kier molecular flexibility index (Phi) is 5.48. The smallest absolute Gasteiger partial charge is 0.161 e. The first-order chi connectivity index (χ1) is 9.24. The van der Waals surface area contributed by atoms with E-state index in [1.807, 2.05) is 6.07 Å². The average molecular weight is 329 g/mol. The summed E-state index contributed by atoms with van der Waals surface area (Å²) in [6.45, 7) is 5.33. The summed E-state index contributed by atoms with van der Waals surface area (Å²) in [5.74, 6) is 1.55. The summed E-state index contributed by atoms with van der Waals surface area (Å²) >= 11 is 3.62. The maximum atomic E-state index is 5.37. The van der Waals surface area contributed by atoms with Crippen LogP contribution in [-0.4, -0.2) is 45.3 Å². The van der Waals surface area contributed by atoms with Crippen LogP contribution in [-0.2, 0) is 6.54 Å². The molecule has 1 fully saturated rings. The molecule has 1 saturated heterocycles. The molecule has 4 nitrogen and oxygen atoms in total. The van der Waals surface area contributed by atoms with Crippen molar-refractivity contribution in [3.8, 4) is 11.5 Å². The molecule has 0 spiro atoms. The van der Waals surface area contributed by atoms with Gasteiger partial charge in [0.15, 0.2) is 11.5 Å². The summed E-state index contributed by atoms with van der Waals surface area (Å²) in [5.41, 5.74) is 1.24. The van der Waals surface area contributed by atoms with Crippen LogP contribution >= 0.6 is 15.9 Å². The first kappa shape index (κ1) is 14.6. The van der Waals surface area contributed by atoms with Gasteiger partial charge >= 0.3 is 0 Å². The summed E-state index contributed by atoms with van der Waals surface area (Å²) < 4.78 is 11.7. The zero-order chi connectivity index (χ0) is 13.7. The molecule has 0 radical (unpaired) electrons. The van der Waals surface area contributed by atoms with Gasteiger partial charge in [0.25, 0.3) is 0 Å². The first-order valence-electron chi connectivity index (χ1n) is 6.58. The fraction of sp³-hybridized carbons (Fsp3) is 0.571. The van der Waals surface area contributed by atoms with Gasteiger partial charge in [0, 0.05) is 24.1 Å². The van der Waals surface area contributed by atoms with Crippen LogP contribution in [0.25, 0.3) is 0 Å². The number of benzene rings is 1. The Labute approximate surface area is 123 Å². The summed E-state index contributed by atoms with van der Waals surface area (Å²) in [6, 6.07) is 4.03. The van der Waals surface area contributed by atoms with E-state index in [2.05, 4.69) is 32.2 Å². The molecule has 0 bridgehead atoms. The van der Waals surface area contributed by atoms with Gasteiger partial charge in [-0.1, -0.05) is 15.9 Å². The number of nitrogens with zero attached hydrogens (tertiary/aromatic N) is 1. The molecule has 1 aromatic rings. The van der Waals surface area contributed by atoms with Gasteiger partial charge in [-0.2, -0.15) is 0 Å². The van der Waals surface area contributed by atoms with Crippen LogP contribution in [0, 0.1) is 0 Å². The number of hydrogen-bond donors (Lipinski definition) is 1. The fourth-order valence-corrected chi connectivity index (χ4v) is 2.77. The van der Waals surface area contributed by atoms with Gasteiger partial charge in [-0.3, -0.25) is 4.90 Å². The summed E-state index contributed by atoms with van der Waals surface area (Å²) in [6.07, 6.45) is 1.20. The van der Waals surface area contributed by atoms with Gasteiger partial charge in [0.2, 0.25) is 0 Å². The summed E-state index contributed by atoms with van der Waals surface area (Å²) in [7, 11) is 3.33. The normalized spacial score (nSPS) is 17.0. The Bertz CT molecular complexity index is 418. The molecule has 1 heterocycles. The van der Waals surface area contributed by atoms with Gasteiger partial charge < -0.3 is 14.8 Å². The second-order valence-electron chi connectivity index (χ2n) is 4.68. The Hall–Kier alpha value is -0.780. The minimum Gasteiger partial charge on any atom is -0.493 e. The van der Waals surface area contributed by atoms with Crippen molar-refractivity contribution in [1.29, 1.82) is 0 Å². The highest BCUT2D eigenvalue weighted by Gasteiger charge is 2.14. The molecule has 1 aliphatic heterocycles. The third-order valence-corrected chi connectivity index (χ3v) is 4.12. The van der Waals surface area contributed by atoms with Crippen molar-refractivity contribution in [3.05, 3.63) is 22.2 Å². The highest BCUT2D eigenvalue weighted by molar-refractivity contribution is 9.10. The lowest BCUT2D eigenvalue weighted by Crippen LogP contribution is -2.27. The molecule has 1 aromatic carbocycles. The van der Waals surface area contributed by atoms with E-state index in [9.17, 15) is 0 Å². The van der Waals surface area contributed by atoms with Crippen molar-refractivity contribution in [2.75, 3.05) is 40.4 Å². The van der Waals surface area contributed by atoms with Crippen molar-refractivity contribution in [1.82, 2.24) is 10.2 Å². The number of rotatable bonds is 4. The van der Waals surface area contributed by atoms with E-state index < -0.39 is 0 Å². The van der Waals surface area contributed by atoms with E-state index in [0.29, 0.717) is 0 Å². The highest BCUT2D eigenvalue weighted by Crippen LogP contribution is 2.33. The van der Waals surface area contributed by atoms with Crippen LogP contribution < -0.4 is 14.8 Å². The second-order valence-corrected chi connectivity index (χ2v) is 5.53. The zero-order valence-corrected chi connectivity index (χ0v) is 13.1. The molecule has 0 aliphatic carbocycles. The van der Waals surface area contributed by atoms with Crippen LogP contribution in [0.3, 0.4) is 0 Å². The van der Waals surface area contributed by atoms with Gasteiger partial charge in [0.1, 0.15) is 0 Å². The van der Waals surface area contributed by atoms with Gasteiger partial charge in [0.05, 0.1) is 14.2 Å². The van der Waals surface area contributed by atoms with E-state index in [0.717, 1.165) is 48.7 Å². The Balaban J connectivity index is 2.14. The lowest BCUT2D eigenvalue weighted by Gasteiger charge is -2.21. The molecule has 19 heavy (non-hydrogen) atoms. The molecule has 0 atom stereocenters. The largest absolute Gasteiger partial charge is 0.493 e. The summed E-state index contributed by atoms with van der Waals surface area (Å²) in [4.78, 5) is 2.46. The topological polar surface area (TPSA) is 33.7 Å². The van der Waals surface area contributed by atoms with E-state index in [4.69, 9.17) is 9.47 Å². The third kappa shape index (κ3) is 3.84. The molecule has 0 aromatic heterocycles. The van der Waals surface area contributed by atoms with Crippen LogP contribution in [0.1, 0.15) is 12.0 Å². The molecule has 0 amide bonds. The van der Waals surface area contributed by atoms with Gasteiger partial charge in [-0.15, -0.1) is 0 Å². The van der Waals surface area contributed by atoms with Crippen LogP contribution in [0.2, 0.25) is 0 Å². The zero-order valence-electron chi connectivity index (χ0n) is 11.5. The number of ether oxygens (including phenoxy) is 2. The van der Waals surface area contributed by atoms with Crippen molar-refractivity contribution in [2.45, 2.75) is 13.0 Å². The number of nitrogens with one attached hydrogen (secondary N) is 1. The molecular formula is C14H21BrN2O2. The minimum atomic E-state index is 0.760. The standard InChI is InChI=1S/C14H21BrN2O2/c1-18-13-8-11(12(15)9-14(13)19-2)10-17-6-3-4-16-5-7-17/h8-9,16H,3-7,10H2,1-2H3. The maximum absolute atomic E-state index is 5.37. The predicted octanol–water partition coefficient (Wildman–Crippen LogP) is 2.26. The lowest BCUT2D eigenvalue weighted by molar-refractivity contribution is 0.282. The first-order valence-corrected chi connectivity index (χ1v) is 7.37. The average Bonchev–Trinajstić information content (AvgIpc) is 2.69. The Morgan fingerprint density at radius 2 is 1.89 bits per heavy atom. The molecule has 1 aliphatic rings. The number of halogens is 1. The van der Waals surface area contributed by atoms with E-state index in [1.54, 1.807) is 14.2 Å². The van der Waals surface area contributed by atoms with E-state index in [-0.39, 0.29) is 0 Å². The monoisotopic (exact) mass is 328 g/mol. The molecule has 0 unspecified atom stereocenters. The number of methoxy groups -OCH3 is 2. The van der Waals surface area contributed by atoms with Crippen molar-refractivity contribution >= 4 is 15.9 Å². The molecule has 0 saturated carbocycles. The van der Waals surface area contributed by atoms with Crippen LogP contribution in [0.5, 0.6) is 11.5 Å². The Morgan fingerprint density at radius 1 is 1.16 bits per heavy atom. The lowest BCUT2D eigenvalue weighted by atomic mass is 10.2. The van der Waals surface area contributed by atoms with Gasteiger partial charge in [-0.05, 0) is 37.2 Å². The van der Waals surface area contributed by atoms with Crippen molar-refractivity contribution < 1.29 is 9.47 Å². The van der Waals surface area contributed by atoms with Crippen molar-refractivity contribution in [2.24, 2.45) is 0 Å². The van der Waals surface area contributed by atoms with E-state index in [1.165, 1.54) is 12.0 Å². The van der Waals surface area contributed by atoms with Gasteiger partial charge in [-0.25, -0.2) is 0 Å². The van der Waals surface area contributed by atoms with Crippen LogP contribution in [0.15, 0.2) is 16.6 Å². The maximum Gasteiger partial charge on any atom is 0.161 e. The fourth-order valence-electron chi connectivity index (χ4n) is 2.32. The van der Waals surface area contributed by atoms with E-state index >= 15 is 0 Å². The molecule has 2 rings (SSSR count). The third-order valence-electron chi connectivity index (χ3n) is 3.38. The minimum absolute atomic E-state index is 0.760. The summed E-state index contributed by atoms with van der Waals surface area (Å²) in [5, 5.41) is 3.42. The SMILES string of the molecule is COc1cc(Br)c(CN2CCCNCC2)cc1OC. The molecule has 106 valence electrons.